The van der Waals surface area contributed by atoms with Crippen LogP contribution in [0.2, 0.25) is 0 Å². The Kier molecular flexibility index (Phi) is 3.78. The summed E-state index contributed by atoms with van der Waals surface area (Å²) in [5.41, 5.74) is 5.77. The van der Waals surface area contributed by atoms with Crippen LogP contribution < -0.4 is 16.6 Å². The molecule has 1 aliphatic rings. The molecule has 4 N–H and O–H groups in total. The molecule has 2 rings (SSSR count). The summed E-state index contributed by atoms with van der Waals surface area (Å²) in [6.45, 7) is 2.82. The molecule has 0 aromatic carbocycles. The van der Waals surface area contributed by atoms with E-state index in [1.165, 1.54) is 6.07 Å². The number of nitrogens with one attached hydrogen (secondary N) is 2. The summed E-state index contributed by atoms with van der Waals surface area (Å²) in [5.74, 6) is 2.00. The van der Waals surface area contributed by atoms with E-state index in [2.05, 4.69) is 15.3 Å². The van der Waals surface area contributed by atoms with E-state index in [0.717, 1.165) is 38.1 Å². The van der Waals surface area contributed by atoms with E-state index in [0.29, 0.717) is 17.8 Å². The first-order valence-electron chi connectivity index (χ1n) is 6.27. The molecule has 0 aliphatic heterocycles. The summed E-state index contributed by atoms with van der Waals surface area (Å²) in [7, 11) is 0. The molecule has 1 aromatic rings. The number of aromatic amines is 1. The maximum absolute atomic E-state index is 11.4. The van der Waals surface area contributed by atoms with Crippen molar-refractivity contribution in [3.8, 4) is 0 Å². The van der Waals surface area contributed by atoms with Crippen molar-refractivity contribution in [3.63, 3.8) is 0 Å². The van der Waals surface area contributed by atoms with Crippen LogP contribution in [0.5, 0.6) is 0 Å². The lowest BCUT2D eigenvalue weighted by atomic mass is 10.1. The molecule has 5 heteroatoms. The summed E-state index contributed by atoms with van der Waals surface area (Å²) in [4.78, 5) is 18.4. The van der Waals surface area contributed by atoms with Crippen LogP contribution in [0.1, 0.15) is 32.0 Å². The minimum absolute atomic E-state index is 0.0949. The van der Waals surface area contributed by atoms with Gasteiger partial charge in [-0.3, -0.25) is 4.79 Å². The lowest BCUT2D eigenvalue weighted by Gasteiger charge is -2.11. The molecule has 0 amide bonds. The van der Waals surface area contributed by atoms with E-state index in [1.807, 2.05) is 6.92 Å². The second-order valence-corrected chi connectivity index (χ2v) is 4.75. The molecular formula is C12H20N4O. The van der Waals surface area contributed by atoms with Gasteiger partial charge in [-0.05, 0) is 25.2 Å². The van der Waals surface area contributed by atoms with Gasteiger partial charge in [0.15, 0.2) is 0 Å². The fraction of sp³-hybridized carbons (Fsp3) is 0.667. The summed E-state index contributed by atoms with van der Waals surface area (Å²) < 4.78 is 0. The Morgan fingerprint density at radius 2 is 2.41 bits per heavy atom. The van der Waals surface area contributed by atoms with Crippen molar-refractivity contribution >= 4 is 5.82 Å². The van der Waals surface area contributed by atoms with Crippen LogP contribution in [0.4, 0.5) is 5.82 Å². The number of aryl methyl sites for hydroxylation is 1. The highest BCUT2D eigenvalue weighted by atomic mass is 16.1. The molecule has 0 bridgehead atoms. The summed E-state index contributed by atoms with van der Waals surface area (Å²) in [6.07, 6.45) is 4.07. The molecule has 1 fully saturated rings. The Morgan fingerprint density at radius 1 is 1.59 bits per heavy atom. The Bertz CT molecular complexity index is 429. The van der Waals surface area contributed by atoms with Crippen molar-refractivity contribution in [2.24, 2.45) is 11.7 Å². The van der Waals surface area contributed by atoms with Crippen molar-refractivity contribution in [1.82, 2.24) is 9.97 Å². The first-order chi connectivity index (χ1) is 8.17. The van der Waals surface area contributed by atoms with E-state index < -0.39 is 0 Å². The largest absolute Gasteiger partial charge is 0.370 e. The fourth-order valence-corrected chi connectivity index (χ4v) is 2.31. The Hall–Kier alpha value is -1.36. The van der Waals surface area contributed by atoms with Crippen LogP contribution in [0.25, 0.3) is 0 Å². The van der Waals surface area contributed by atoms with Crippen LogP contribution in [0.15, 0.2) is 10.9 Å². The monoisotopic (exact) mass is 236 g/mol. The van der Waals surface area contributed by atoms with Gasteiger partial charge in [0, 0.05) is 25.1 Å². The van der Waals surface area contributed by atoms with Gasteiger partial charge >= 0.3 is 0 Å². The standard InChI is InChI=1S/C12H20N4O/c1-2-10-15-11(6-12(17)16-10)14-7-8-3-4-9(13)5-8/h6,8-9H,2-5,7,13H2,1H3,(H2,14,15,16,17). The number of nitrogens with zero attached hydrogens (tertiary/aromatic N) is 1. The molecular weight excluding hydrogens is 216 g/mol. The maximum atomic E-state index is 11.4. The molecule has 0 radical (unpaired) electrons. The second-order valence-electron chi connectivity index (χ2n) is 4.75. The molecule has 5 nitrogen and oxygen atoms in total. The van der Waals surface area contributed by atoms with E-state index in [-0.39, 0.29) is 5.56 Å². The summed E-state index contributed by atoms with van der Waals surface area (Å²) >= 11 is 0. The molecule has 2 atom stereocenters. The number of hydrogen-bond acceptors (Lipinski definition) is 4. The van der Waals surface area contributed by atoms with Gasteiger partial charge in [-0.25, -0.2) is 4.98 Å². The number of anilines is 1. The number of hydrogen-bond donors (Lipinski definition) is 3. The molecule has 2 unspecified atom stereocenters. The third kappa shape index (κ3) is 3.30. The van der Waals surface area contributed by atoms with Crippen LogP contribution in [0, 0.1) is 5.92 Å². The van der Waals surface area contributed by atoms with Crippen molar-refractivity contribution in [2.75, 3.05) is 11.9 Å². The normalized spacial score (nSPS) is 23.9. The van der Waals surface area contributed by atoms with Gasteiger partial charge in [0.1, 0.15) is 11.6 Å². The van der Waals surface area contributed by atoms with Gasteiger partial charge in [0.05, 0.1) is 0 Å². The van der Waals surface area contributed by atoms with E-state index >= 15 is 0 Å². The SMILES string of the molecule is CCc1nc(NCC2CCC(N)C2)cc(=O)[nH]1. The molecule has 0 spiro atoms. The first kappa shape index (κ1) is 12.1. The zero-order valence-corrected chi connectivity index (χ0v) is 10.2. The van der Waals surface area contributed by atoms with E-state index in [9.17, 15) is 4.79 Å². The van der Waals surface area contributed by atoms with Gasteiger partial charge in [-0.15, -0.1) is 0 Å². The van der Waals surface area contributed by atoms with Crippen molar-refractivity contribution < 1.29 is 0 Å². The van der Waals surface area contributed by atoms with Gasteiger partial charge < -0.3 is 16.0 Å². The van der Waals surface area contributed by atoms with Gasteiger partial charge in [-0.2, -0.15) is 0 Å². The number of rotatable bonds is 4. The molecule has 94 valence electrons. The number of aromatic nitrogens is 2. The zero-order valence-electron chi connectivity index (χ0n) is 10.2. The molecule has 1 heterocycles. The fourth-order valence-electron chi connectivity index (χ4n) is 2.31. The zero-order chi connectivity index (χ0) is 12.3. The van der Waals surface area contributed by atoms with Gasteiger partial charge in [0.25, 0.3) is 5.56 Å². The van der Waals surface area contributed by atoms with E-state index in [4.69, 9.17) is 5.73 Å². The van der Waals surface area contributed by atoms with Crippen molar-refractivity contribution in [3.05, 3.63) is 22.2 Å². The quantitative estimate of drug-likeness (QED) is 0.724. The van der Waals surface area contributed by atoms with Crippen LogP contribution >= 0.6 is 0 Å². The topological polar surface area (TPSA) is 83.8 Å². The number of nitrogens with two attached hydrogens (primary N) is 1. The molecule has 0 saturated heterocycles. The molecule has 1 aromatic heterocycles. The molecule has 1 saturated carbocycles. The Balaban J connectivity index is 1.94. The third-order valence-electron chi connectivity index (χ3n) is 3.28. The molecule has 1 aliphatic carbocycles. The highest BCUT2D eigenvalue weighted by Crippen LogP contribution is 2.23. The van der Waals surface area contributed by atoms with Crippen molar-refractivity contribution in [1.29, 1.82) is 0 Å². The predicted molar refractivity (Wildman–Crippen MR) is 68.0 cm³/mol. The van der Waals surface area contributed by atoms with Gasteiger partial charge in [-0.1, -0.05) is 6.92 Å². The summed E-state index contributed by atoms with van der Waals surface area (Å²) in [5, 5.41) is 3.24. The van der Waals surface area contributed by atoms with Crippen LogP contribution in [-0.2, 0) is 6.42 Å². The van der Waals surface area contributed by atoms with Gasteiger partial charge in [0.2, 0.25) is 0 Å². The highest BCUT2D eigenvalue weighted by molar-refractivity contribution is 5.33. The Labute approximate surface area is 101 Å². The highest BCUT2D eigenvalue weighted by Gasteiger charge is 2.21. The minimum atomic E-state index is -0.0949. The Morgan fingerprint density at radius 3 is 3.06 bits per heavy atom. The predicted octanol–water partition coefficient (Wildman–Crippen LogP) is 0.872. The minimum Gasteiger partial charge on any atom is -0.370 e. The first-order valence-corrected chi connectivity index (χ1v) is 6.27. The van der Waals surface area contributed by atoms with Crippen molar-refractivity contribution in [2.45, 2.75) is 38.6 Å². The maximum Gasteiger partial charge on any atom is 0.252 e. The smallest absolute Gasteiger partial charge is 0.252 e. The van der Waals surface area contributed by atoms with E-state index in [1.54, 1.807) is 0 Å². The lowest BCUT2D eigenvalue weighted by Crippen LogP contribution is -2.19. The second kappa shape index (κ2) is 5.31. The average Bonchev–Trinajstić information content (AvgIpc) is 2.72. The average molecular weight is 236 g/mol. The van der Waals surface area contributed by atoms with Crippen LogP contribution in [0.3, 0.4) is 0 Å². The lowest BCUT2D eigenvalue weighted by molar-refractivity contribution is 0.564. The molecule has 17 heavy (non-hydrogen) atoms. The third-order valence-corrected chi connectivity index (χ3v) is 3.28. The van der Waals surface area contributed by atoms with Crippen LogP contribution in [-0.4, -0.2) is 22.6 Å². The summed E-state index contributed by atoms with van der Waals surface area (Å²) in [6, 6.07) is 1.86. The number of H-pyrrole nitrogens is 1.